The molecule has 5 aliphatic heterocycles. The number of benzene rings is 2. The molecule has 5 amide bonds. The number of hydrazine groups is 1. The minimum Gasteiger partial charge on any atom is -0.464 e. The van der Waals surface area contributed by atoms with E-state index in [0.29, 0.717) is 82.6 Å². The molecule has 0 aliphatic carbocycles. The van der Waals surface area contributed by atoms with Crippen molar-refractivity contribution in [3.63, 3.8) is 0 Å². The molecule has 4 fully saturated rings. The number of pyridine rings is 1. The number of cyclic esters (lactones) is 1. The number of piperazine rings is 1. The van der Waals surface area contributed by atoms with Gasteiger partial charge in [0.1, 0.15) is 24.8 Å². The number of hydrogen-bond donors (Lipinski definition) is 2. The van der Waals surface area contributed by atoms with E-state index in [9.17, 15) is 19.2 Å². The third-order valence-corrected chi connectivity index (χ3v) is 17.1. The molecule has 0 unspecified atom stereocenters. The van der Waals surface area contributed by atoms with Crippen LogP contribution in [0.2, 0.25) is 0 Å². The van der Waals surface area contributed by atoms with E-state index in [1.165, 1.54) is 16.0 Å². The zero-order valence-corrected chi connectivity index (χ0v) is 48.4. The predicted octanol–water partition coefficient (Wildman–Crippen LogP) is 6.92. The number of carbonyl (C=O) groups is 5. The van der Waals surface area contributed by atoms with E-state index in [1.54, 1.807) is 30.0 Å². The van der Waals surface area contributed by atoms with Crippen molar-refractivity contribution in [3.05, 3.63) is 83.7 Å². The third-order valence-electron chi connectivity index (χ3n) is 17.1. The SMILES string of the molecule is C=CC(=O)N1CCOC2(CCN(C(=O)N(C)[C@H](C(=O)N[C@H]3Cc4cc(CF)cc(c4)-c4ccc5c(c4)c(c(-c4cc(N6CCN(C)CC6)cnc4[C@H](C)OC)n5CC)CC(C)(C)COC(=O)[C@@H]4CCCN(N4)C3=O)C(C)C)CC2)C1. The van der Waals surface area contributed by atoms with Crippen LogP contribution in [0.5, 0.6) is 0 Å². The zero-order valence-electron chi connectivity index (χ0n) is 48.4. The van der Waals surface area contributed by atoms with Gasteiger partial charge in [-0.3, -0.25) is 29.2 Å². The second-order valence-electron chi connectivity index (χ2n) is 23.9. The number of hydrogen-bond acceptors (Lipinski definition) is 12. The average molecular weight is 1100 g/mol. The Kier molecular flexibility index (Phi) is 17.7. The van der Waals surface area contributed by atoms with Gasteiger partial charge >= 0.3 is 12.0 Å². The number of urea groups is 1. The maximum atomic E-state index is 15.2. The van der Waals surface area contributed by atoms with Crippen LogP contribution < -0.4 is 15.6 Å². The maximum Gasteiger partial charge on any atom is 0.324 e. The molecule has 19 heteroatoms. The second-order valence-corrected chi connectivity index (χ2v) is 23.9. The van der Waals surface area contributed by atoms with Gasteiger partial charge in [-0.1, -0.05) is 52.5 Å². The first kappa shape index (κ1) is 58.3. The van der Waals surface area contributed by atoms with Crippen LogP contribution in [-0.4, -0.2) is 181 Å². The molecular formula is C61H83FN10O8. The van der Waals surface area contributed by atoms with E-state index in [-0.39, 0.29) is 43.5 Å². The molecule has 6 bridgehead atoms. The van der Waals surface area contributed by atoms with Crippen LogP contribution >= 0.6 is 0 Å². The lowest BCUT2D eigenvalue weighted by Gasteiger charge is -2.47. The second kappa shape index (κ2) is 24.4. The quantitative estimate of drug-likeness (QED) is 0.117. The first-order chi connectivity index (χ1) is 38.3. The fourth-order valence-electron chi connectivity index (χ4n) is 12.6. The minimum atomic E-state index is -1.19. The number of esters is 1. The van der Waals surface area contributed by atoms with Crippen LogP contribution in [0.1, 0.15) is 95.7 Å². The van der Waals surface area contributed by atoms with Crippen molar-refractivity contribution in [1.82, 2.24) is 44.9 Å². The summed E-state index contributed by atoms with van der Waals surface area (Å²) in [4.78, 5) is 85.8. The number of fused-ring (bicyclic) bond motifs is 6. The van der Waals surface area contributed by atoms with Gasteiger partial charge in [-0.25, -0.2) is 14.6 Å². The summed E-state index contributed by atoms with van der Waals surface area (Å²) in [7, 11) is 5.44. The van der Waals surface area contributed by atoms with E-state index in [0.717, 1.165) is 76.4 Å². The van der Waals surface area contributed by atoms with Gasteiger partial charge in [-0.05, 0) is 117 Å². The lowest BCUT2D eigenvalue weighted by atomic mass is 9.84. The van der Waals surface area contributed by atoms with Gasteiger partial charge in [0.05, 0.1) is 54.7 Å². The summed E-state index contributed by atoms with van der Waals surface area (Å²) in [6.07, 6.45) is 5.38. The van der Waals surface area contributed by atoms with Crippen LogP contribution in [-0.2, 0) is 59.4 Å². The molecule has 18 nitrogen and oxygen atoms in total. The number of amides is 5. The summed E-state index contributed by atoms with van der Waals surface area (Å²) < 4.78 is 36.0. The lowest BCUT2D eigenvalue weighted by Crippen LogP contribution is -2.63. The maximum absolute atomic E-state index is 15.2. The van der Waals surface area contributed by atoms with Gasteiger partial charge in [0.15, 0.2) is 0 Å². The zero-order chi connectivity index (χ0) is 57.2. The van der Waals surface area contributed by atoms with Crippen LogP contribution in [0.15, 0.2) is 61.3 Å². The molecular weight excluding hydrogens is 1020 g/mol. The number of carbonyl (C=O) groups excluding carboxylic acids is 5. The molecule has 5 aliphatic rings. The molecule has 2 aromatic carbocycles. The highest BCUT2D eigenvalue weighted by atomic mass is 19.1. The van der Waals surface area contributed by atoms with E-state index in [1.807, 2.05) is 39.1 Å². The summed E-state index contributed by atoms with van der Waals surface area (Å²) in [5, 5.41) is 5.46. The van der Waals surface area contributed by atoms with Crippen molar-refractivity contribution < 1.29 is 42.6 Å². The van der Waals surface area contributed by atoms with Crippen LogP contribution in [0.4, 0.5) is 14.9 Å². The summed E-state index contributed by atoms with van der Waals surface area (Å²) in [5.41, 5.74) is 10.5. The van der Waals surface area contributed by atoms with Crippen LogP contribution in [0.3, 0.4) is 0 Å². The van der Waals surface area contributed by atoms with Crippen LogP contribution in [0, 0.1) is 11.3 Å². The molecule has 4 aromatic rings. The molecule has 0 saturated carbocycles. The predicted molar refractivity (Wildman–Crippen MR) is 306 cm³/mol. The number of piperidine rings is 1. The molecule has 2 aromatic heterocycles. The smallest absolute Gasteiger partial charge is 0.324 e. The number of nitrogens with zero attached hydrogens (tertiary/aromatic N) is 8. The molecule has 4 saturated heterocycles. The number of alkyl halides is 1. The monoisotopic (exact) mass is 1100 g/mol. The number of morpholine rings is 1. The molecule has 2 N–H and O–H groups in total. The summed E-state index contributed by atoms with van der Waals surface area (Å²) in [6.45, 7) is 21.5. The Labute approximate surface area is 470 Å². The number of nitrogens with one attached hydrogen (secondary N) is 2. The molecule has 80 heavy (non-hydrogen) atoms. The van der Waals surface area contributed by atoms with E-state index >= 15 is 9.18 Å². The molecule has 7 heterocycles. The normalized spacial score (nSPS) is 21.7. The number of ether oxygens (including phenoxy) is 3. The Balaban J connectivity index is 1.08. The van der Waals surface area contributed by atoms with Crippen molar-refractivity contribution in [3.8, 4) is 22.4 Å². The summed E-state index contributed by atoms with van der Waals surface area (Å²) in [6, 6.07) is 10.8. The van der Waals surface area contributed by atoms with Gasteiger partial charge in [0.25, 0.3) is 5.91 Å². The third kappa shape index (κ3) is 12.3. The van der Waals surface area contributed by atoms with Gasteiger partial charge in [0.2, 0.25) is 11.8 Å². The van der Waals surface area contributed by atoms with Gasteiger partial charge < -0.3 is 48.6 Å². The fourth-order valence-corrected chi connectivity index (χ4v) is 12.6. The highest BCUT2D eigenvalue weighted by molar-refractivity contribution is 5.96. The molecule has 1 spiro atoms. The van der Waals surface area contributed by atoms with E-state index in [2.05, 4.69) is 83.8 Å². The Morgan fingerprint density at radius 1 is 0.988 bits per heavy atom. The Morgan fingerprint density at radius 3 is 2.42 bits per heavy atom. The topological polar surface area (TPSA) is 174 Å². The molecule has 9 rings (SSSR count). The molecule has 0 radical (unpaired) electrons. The number of aromatic nitrogens is 2. The van der Waals surface area contributed by atoms with Gasteiger partial charge in [-0.2, -0.15) is 0 Å². The molecule has 4 atom stereocenters. The van der Waals surface area contributed by atoms with Crippen molar-refractivity contribution >= 4 is 46.3 Å². The number of halogens is 1. The highest BCUT2D eigenvalue weighted by Crippen LogP contribution is 2.43. The summed E-state index contributed by atoms with van der Waals surface area (Å²) >= 11 is 0. The number of methoxy groups -OCH3 is 1. The largest absolute Gasteiger partial charge is 0.464 e. The van der Waals surface area contributed by atoms with Gasteiger partial charge in [0, 0.05) is 101 Å². The first-order valence-corrected chi connectivity index (χ1v) is 28.7. The lowest BCUT2D eigenvalue weighted by molar-refractivity contribution is -0.155. The van der Waals surface area contributed by atoms with Gasteiger partial charge in [-0.15, -0.1) is 0 Å². The van der Waals surface area contributed by atoms with Crippen molar-refractivity contribution in [2.45, 2.75) is 123 Å². The minimum absolute atomic E-state index is 0.0179. The standard InChI is InChI=1S/C61H83FN10O8/c1-11-52(73)70-26-27-80-61(37-70)17-20-69(21-18-61)59(77)67(9)54(39(3)4)56(74)64-50-31-41-28-42(35-62)30-44(29-41)43-15-16-51-46(32-43)48(34-60(6,7)38-79-58(76)49-14-13-19-72(65-49)57(50)75)55(71(51)12-2)47-33-45(36-63-53(47)40(5)78-10)68-24-22-66(8)23-25-68/h11,15-16,28-30,32-33,36,39-40,49-50,54,65H,1,12-14,17-27,31,34-35,37-38H2,2-10H3,(H,64,74)/t40-,49-,50-,54-/m0/s1. The number of rotatable bonds is 11. The van der Waals surface area contributed by atoms with Crippen molar-refractivity contribution in [2.75, 3.05) is 98.2 Å². The summed E-state index contributed by atoms with van der Waals surface area (Å²) in [5.74, 6) is -2.02. The number of anilines is 1. The fraction of sp³-hybridized carbons (Fsp3) is 0.574. The Bertz CT molecular complexity index is 2960. The van der Waals surface area contributed by atoms with E-state index in [4.69, 9.17) is 19.2 Å². The van der Waals surface area contributed by atoms with E-state index < -0.39 is 53.6 Å². The molecule has 432 valence electrons. The van der Waals surface area contributed by atoms with Crippen LogP contribution in [0.25, 0.3) is 33.3 Å². The number of likely N-dealkylation sites (N-methyl/N-ethyl adjacent to an activating group) is 2. The number of aryl methyl sites for hydroxylation is 1. The first-order valence-electron chi connectivity index (χ1n) is 28.7. The average Bonchev–Trinajstić information content (AvgIpc) is 3.86. The van der Waals surface area contributed by atoms with Crippen molar-refractivity contribution in [2.24, 2.45) is 11.3 Å². The number of likely N-dealkylation sites (tertiary alicyclic amines) is 1. The highest BCUT2D eigenvalue weighted by Gasteiger charge is 2.44. The van der Waals surface area contributed by atoms with Crippen molar-refractivity contribution in [1.29, 1.82) is 0 Å². The Hall–Kier alpha value is -6.41. The Morgan fingerprint density at radius 2 is 1.74 bits per heavy atom.